The Labute approximate surface area is 135 Å². The Kier molecular flexibility index (Phi) is 4.07. The van der Waals surface area contributed by atoms with Gasteiger partial charge in [0.25, 0.3) is 5.91 Å². The van der Waals surface area contributed by atoms with E-state index in [4.69, 9.17) is 0 Å². The largest absolute Gasteiger partial charge is 0.342 e. The summed E-state index contributed by atoms with van der Waals surface area (Å²) in [5, 5.41) is 4.98. The molecule has 0 aromatic heterocycles. The summed E-state index contributed by atoms with van der Waals surface area (Å²) < 4.78 is 0. The van der Waals surface area contributed by atoms with E-state index in [-0.39, 0.29) is 11.8 Å². The molecule has 6 heteroatoms. The number of carbonyl (C=O) groups is 3. The van der Waals surface area contributed by atoms with Crippen molar-refractivity contribution in [2.75, 3.05) is 13.1 Å². The third kappa shape index (κ3) is 3.21. The number of nitrogens with zero attached hydrogens (tertiary/aromatic N) is 1. The third-order valence-electron chi connectivity index (χ3n) is 4.73. The van der Waals surface area contributed by atoms with Gasteiger partial charge in [0.15, 0.2) is 0 Å². The fourth-order valence-electron chi connectivity index (χ4n) is 3.18. The van der Waals surface area contributed by atoms with Crippen molar-refractivity contribution in [1.82, 2.24) is 15.5 Å². The molecule has 1 aromatic rings. The standard InChI is InChI=1S/C17H21N3O3/c1-12-2-4-13(5-3-12)6-7-14(21)20-10-8-17(9-11-20)15(22)18-16(23)19-17/h2-5H,6-11H2,1H3,(H2,18,19,22,23). The first kappa shape index (κ1) is 15.5. The minimum absolute atomic E-state index is 0.102. The molecule has 2 saturated heterocycles. The maximum atomic E-state index is 12.3. The highest BCUT2D eigenvalue weighted by molar-refractivity contribution is 6.07. The van der Waals surface area contributed by atoms with E-state index in [0.717, 1.165) is 12.0 Å². The molecule has 23 heavy (non-hydrogen) atoms. The summed E-state index contributed by atoms with van der Waals surface area (Å²) in [6.07, 6.45) is 2.13. The quantitative estimate of drug-likeness (QED) is 0.821. The lowest BCUT2D eigenvalue weighted by atomic mass is 9.87. The lowest BCUT2D eigenvalue weighted by molar-refractivity contribution is -0.135. The molecule has 0 atom stereocenters. The maximum absolute atomic E-state index is 12.3. The summed E-state index contributed by atoms with van der Waals surface area (Å²) in [6, 6.07) is 7.75. The van der Waals surface area contributed by atoms with Crippen molar-refractivity contribution in [3.8, 4) is 0 Å². The van der Waals surface area contributed by atoms with Crippen molar-refractivity contribution < 1.29 is 14.4 Å². The van der Waals surface area contributed by atoms with Crippen LogP contribution in [0.1, 0.15) is 30.4 Å². The number of benzene rings is 1. The lowest BCUT2D eigenvalue weighted by Gasteiger charge is -2.37. The second-order valence-electron chi connectivity index (χ2n) is 6.36. The van der Waals surface area contributed by atoms with Crippen molar-refractivity contribution in [2.24, 2.45) is 0 Å². The summed E-state index contributed by atoms with van der Waals surface area (Å²) >= 11 is 0. The molecular weight excluding hydrogens is 294 g/mol. The molecule has 0 saturated carbocycles. The average Bonchev–Trinajstić information content (AvgIpc) is 2.81. The third-order valence-corrected chi connectivity index (χ3v) is 4.73. The molecular formula is C17H21N3O3. The predicted octanol–water partition coefficient (Wildman–Crippen LogP) is 1.13. The molecule has 2 fully saturated rings. The van der Waals surface area contributed by atoms with Crippen LogP contribution in [-0.2, 0) is 16.0 Å². The molecule has 2 aliphatic heterocycles. The Morgan fingerprint density at radius 3 is 2.39 bits per heavy atom. The molecule has 2 heterocycles. The van der Waals surface area contributed by atoms with E-state index in [2.05, 4.69) is 10.6 Å². The van der Waals surface area contributed by atoms with Crippen LogP contribution in [0.5, 0.6) is 0 Å². The Hall–Kier alpha value is -2.37. The molecule has 1 spiro atoms. The number of hydrogen-bond donors (Lipinski definition) is 2. The van der Waals surface area contributed by atoms with Crippen molar-refractivity contribution in [1.29, 1.82) is 0 Å². The van der Waals surface area contributed by atoms with Gasteiger partial charge in [-0.3, -0.25) is 14.9 Å². The summed E-state index contributed by atoms with van der Waals surface area (Å²) in [5.74, 6) is -0.167. The first-order chi connectivity index (χ1) is 11.0. The lowest BCUT2D eigenvalue weighted by Crippen LogP contribution is -2.55. The number of nitrogens with one attached hydrogen (secondary N) is 2. The van der Waals surface area contributed by atoms with Crippen molar-refractivity contribution in [3.63, 3.8) is 0 Å². The molecule has 122 valence electrons. The number of aryl methyl sites for hydroxylation is 2. The van der Waals surface area contributed by atoms with Crippen LogP contribution in [0.4, 0.5) is 4.79 Å². The predicted molar refractivity (Wildman–Crippen MR) is 84.7 cm³/mol. The number of likely N-dealkylation sites (tertiary alicyclic amines) is 1. The number of carbonyl (C=O) groups excluding carboxylic acids is 3. The maximum Gasteiger partial charge on any atom is 0.322 e. The van der Waals surface area contributed by atoms with Gasteiger partial charge in [0.2, 0.25) is 5.91 Å². The van der Waals surface area contributed by atoms with Gasteiger partial charge in [-0.05, 0) is 31.7 Å². The van der Waals surface area contributed by atoms with Crippen LogP contribution in [0.25, 0.3) is 0 Å². The van der Waals surface area contributed by atoms with E-state index in [9.17, 15) is 14.4 Å². The van der Waals surface area contributed by atoms with Gasteiger partial charge < -0.3 is 10.2 Å². The zero-order valence-electron chi connectivity index (χ0n) is 13.2. The van der Waals surface area contributed by atoms with Crippen LogP contribution in [0, 0.1) is 6.92 Å². The second kappa shape index (κ2) is 6.02. The summed E-state index contributed by atoms with van der Waals surface area (Å²) in [5.41, 5.74) is 1.54. The van der Waals surface area contributed by atoms with Gasteiger partial charge in [-0.15, -0.1) is 0 Å². The van der Waals surface area contributed by atoms with E-state index in [1.54, 1.807) is 4.90 Å². The molecule has 0 unspecified atom stereocenters. The topological polar surface area (TPSA) is 78.5 Å². The SMILES string of the molecule is Cc1ccc(CCC(=O)N2CCC3(CC2)NC(=O)NC3=O)cc1. The number of hydrogen-bond acceptors (Lipinski definition) is 3. The van der Waals surface area contributed by atoms with Gasteiger partial charge in [-0.1, -0.05) is 29.8 Å². The molecule has 3 rings (SSSR count). The van der Waals surface area contributed by atoms with Crippen molar-refractivity contribution >= 4 is 17.8 Å². The minimum atomic E-state index is -0.815. The monoisotopic (exact) mass is 315 g/mol. The number of rotatable bonds is 3. The van der Waals surface area contributed by atoms with Crippen molar-refractivity contribution in [2.45, 2.75) is 38.1 Å². The van der Waals surface area contributed by atoms with Gasteiger partial charge in [0.1, 0.15) is 5.54 Å². The molecule has 0 bridgehead atoms. The Morgan fingerprint density at radius 1 is 1.17 bits per heavy atom. The zero-order chi connectivity index (χ0) is 16.4. The molecule has 6 nitrogen and oxygen atoms in total. The Morgan fingerprint density at radius 2 is 1.83 bits per heavy atom. The smallest absolute Gasteiger partial charge is 0.322 e. The van der Waals surface area contributed by atoms with Gasteiger partial charge >= 0.3 is 6.03 Å². The highest BCUT2D eigenvalue weighted by atomic mass is 16.2. The molecule has 0 aliphatic carbocycles. The van der Waals surface area contributed by atoms with Crippen LogP contribution < -0.4 is 10.6 Å². The summed E-state index contributed by atoms with van der Waals surface area (Å²) in [7, 11) is 0. The van der Waals surface area contributed by atoms with Gasteiger partial charge in [0, 0.05) is 19.5 Å². The average molecular weight is 315 g/mol. The number of amides is 4. The molecule has 0 radical (unpaired) electrons. The Balaban J connectivity index is 1.51. The van der Waals surface area contributed by atoms with Crippen molar-refractivity contribution in [3.05, 3.63) is 35.4 Å². The number of piperidine rings is 1. The van der Waals surface area contributed by atoms with Gasteiger partial charge in [-0.2, -0.15) is 0 Å². The first-order valence-electron chi connectivity index (χ1n) is 7.95. The van der Waals surface area contributed by atoms with E-state index < -0.39 is 11.6 Å². The van der Waals surface area contributed by atoms with Gasteiger partial charge in [-0.25, -0.2) is 4.79 Å². The normalized spacial score (nSPS) is 19.6. The fourth-order valence-corrected chi connectivity index (χ4v) is 3.18. The van der Waals surface area contributed by atoms with Gasteiger partial charge in [0.05, 0.1) is 0 Å². The van der Waals surface area contributed by atoms with E-state index >= 15 is 0 Å². The minimum Gasteiger partial charge on any atom is -0.342 e. The van der Waals surface area contributed by atoms with Crippen LogP contribution in [0.3, 0.4) is 0 Å². The second-order valence-corrected chi connectivity index (χ2v) is 6.36. The zero-order valence-corrected chi connectivity index (χ0v) is 13.2. The highest BCUT2D eigenvalue weighted by Gasteiger charge is 2.48. The van der Waals surface area contributed by atoms with Crippen LogP contribution in [0.15, 0.2) is 24.3 Å². The molecule has 4 amide bonds. The number of imide groups is 1. The fraction of sp³-hybridized carbons (Fsp3) is 0.471. The van der Waals surface area contributed by atoms with Crippen LogP contribution in [0.2, 0.25) is 0 Å². The number of urea groups is 1. The Bertz CT molecular complexity index is 631. The summed E-state index contributed by atoms with van der Waals surface area (Å²) in [6.45, 7) is 3.04. The van der Waals surface area contributed by atoms with Crippen LogP contribution >= 0.6 is 0 Å². The van der Waals surface area contributed by atoms with E-state index in [1.807, 2.05) is 31.2 Å². The highest BCUT2D eigenvalue weighted by Crippen LogP contribution is 2.25. The molecule has 1 aromatic carbocycles. The summed E-state index contributed by atoms with van der Waals surface area (Å²) in [4.78, 5) is 37.3. The molecule has 2 N–H and O–H groups in total. The van der Waals surface area contributed by atoms with E-state index in [1.165, 1.54) is 5.56 Å². The van der Waals surface area contributed by atoms with E-state index in [0.29, 0.717) is 32.4 Å². The first-order valence-corrected chi connectivity index (χ1v) is 7.95. The van der Waals surface area contributed by atoms with Crippen LogP contribution in [-0.4, -0.2) is 41.4 Å². The molecule has 2 aliphatic rings.